The Hall–Kier alpha value is -3.74. The number of nitrogens with zero attached hydrogens (tertiary/aromatic N) is 2. The minimum absolute atomic E-state index is 0.106. The monoisotopic (exact) mass is 348 g/mol. The van der Waals surface area contributed by atoms with Gasteiger partial charge in [0.05, 0.1) is 0 Å². The molecular weight excluding hydrogens is 332 g/mol. The van der Waals surface area contributed by atoms with E-state index in [9.17, 15) is 14.7 Å². The number of carboxylic acid groups (broad SMARTS) is 1. The number of amides is 1. The van der Waals surface area contributed by atoms with Crippen LogP contribution >= 0.6 is 0 Å². The topological polar surface area (TPSA) is 104 Å². The van der Waals surface area contributed by atoms with Gasteiger partial charge in [-0.05, 0) is 42.0 Å². The summed E-state index contributed by atoms with van der Waals surface area (Å²) in [6.07, 6.45) is 4.64. The molecule has 3 rings (SSSR count). The van der Waals surface area contributed by atoms with Gasteiger partial charge in [0.25, 0.3) is 5.91 Å². The van der Waals surface area contributed by atoms with Crippen molar-refractivity contribution >= 4 is 23.4 Å². The van der Waals surface area contributed by atoms with Crippen molar-refractivity contribution in [1.29, 1.82) is 0 Å². The van der Waals surface area contributed by atoms with Gasteiger partial charge >= 0.3 is 5.97 Å². The van der Waals surface area contributed by atoms with Crippen molar-refractivity contribution in [1.82, 2.24) is 9.97 Å². The highest BCUT2D eigenvalue weighted by Gasteiger charge is 2.10. The molecule has 3 aromatic rings. The van der Waals surface area contributed by atoms with E-state index in [-0.39, 0.29) is 11.5 Å². The first-order valence-electron chi connectivity index (χ1n) is 7.86. The van der Waals surface area contributed by atoms with E-state index in [4.69, 9.17) is 0 Å². The summed E-state index contributed by atoms with van der Waals surface area (Å²) in [5, 5.41) is 15.0. The lowest BCUT2D eigenvalue weighted by Gasteiger charge is -2.10. The molecule has 1 aromatic carbocycles. The van der Waals surface area contributed by atoms with Crippen molar-refractivity contribution in [3.05, 3.63) is 83.8 Å². The number of nitrogens with one attached hydrogen (secondary N) is 2. The van der Waals surface area contributed by atoms with Crippen LogP contribution in [-0.2, 0) is 6.54 Å². The Morgan fingerprint density at radius 1 is 1.00 bits per heavy atom. The summed E-state index contributed by atoms with van der Waals surface area (Å²) in [6.45, 7) is 0.371. The van der Waals surface area contributed by atoms with E-state index in [2.05, 4.69) is 20.6 Å². The summed E-state index contributed by atoms with van der Waals surface area (Å²) < 4.78 is 0. The quantitative estimate of drug-likeness (QED) is 0.632. The van der Waals surface area contributed by atoms with E-state index in [1.165, 1.54) is 12.3 Å². The number of benzene rings is 1. The predicted octanol–water partition coefficient (Wildman–Crippen LogP) is 3.04. The van der Waals surface area contributed by atoms with E-state index in [1.54, 1.807) is 36.7 Å². The maximum absolute atomic E-state index is 12.2. The van der Waals surface area contributed by atoms with Gasteiger partial charge in [0, 0.05) is 36.4 Å². The van der Waals surface area contributed by atoms with Crippen molar-refractivity contribution in [3.63, 3.8) is 0 Å². The van der Waals surface area contributed by atoms with Crippen LogP contribution in [0.4, 0.5) is 11.5 Å². The number of carbonyl (C=O) groups is 2. The number of aromatic carboxylic acids is 1. The number of anilines is 2. The molecule has 130 valence electrons. The molecule has 0 bridgehead atoms. The van der Waals surface area contributed by atoms with Crippen LogP contribution < -0.4 is 10.6 Å². The summed E-state index contributed by atoms with van der Waals surface area (Å²) in [5.74, 6) is -0.972. The molecule has 0 saturated carbocycles. The van der Waals surface area contributed by atoms with Crippen molar-refractivity contribution in [2.45, 2.75) is 6.54 Å². The van der Waals surface area contributed by atoms with Crippen LogP contribution in [0.15, 0.2) is 67.1 Å². The molecule has 0 aliphatic heterocycles. The molecule has 0 radical (unpaired) electrons. The normalized spacial score (nSPS) is 10.2. The largest absolute Gasteiger partial charge is 0.478 e. The standard InChI is InChI=1S/C19H16N4O3/c24-18(14-6-9-20-10-7-14)23-15-4-1-3-13(11-15)12-22-17-16(19(25)26)5-2-8-21-17/h1-11H,12H2,(H,21,22)(H,23,24)(H,25,26). The molecule has 26 heavy (non-hydrogen) atoms. The SMILES string of the molecule is O=C(Nc1cccc(CNc2ncccc2C(=O)O)c1)c1ccncc1. The van der Waals surface area contributed by atoms with Crippen molar-refractivity contribution in [3.8, 4) is 0 Å². The smallest absolute Gasteiger partial charge is 0.339 e. The van der Waals surface area contributed by atoms with Gasteiger partial charge in [-0.3, -0.25) is 9.78 Å². The minimum atomic E-state index is -1.04. The van der Waals surface area contributed by atoms with Crippen LogP contribution in [0.5, 0.6) is 0 Å². The average Bonchev–Trinajstić information content (AvgIpc) is 2.67. The minimum Gasteiger partial charge on any atom is -0.478 e. The van der Waals surface area contributed by atoms with Crippen LogP contribution in [0, 0.1) is 0 Å². The highest BCUT2D eigenvalue weighted by Crippen LogP contribution is 2.16. The Morgan fingerprint density at radius 2 is 1.81 bits per heavy atom. The van der Waals surface area contributed by atoms with Crippen LogP contribution in [-0.4, -0.2) is 27.0 Å². The fourth-order valence-corrected chi connectivity index (χ4v) is 2.37. The van der Waals surface area contributed by atoms with Crippen LogP contribution in [0.3, 0.4) is 0 Å². The lowest BCUT2D eigenvalue weighted by molar-refractivity contribution is 0.0697. The van der Waals surface area contributed by atoms with Crippen LogP contribution in [0.1, 0.15) is 26.3 Å². The second kappa shape index (κ2) is 7.89. The van der Waals surface area contributed by atoms with Gasteiger partial charge in [0.2, 0.25) is 0 Å². The Labute approximate surface area is 149 Å². The number of hydrogen-bond acceptors (Lipinski definition) is 5. The zero-order valence-electron chi connectivity index (χ0n) is 13.7. The van der Waals surface area contributed by atoms with Gasteiger partial charge in [-0.1, -0.05) is 12.1 Å². The zero-order valence-corrected chi connectivity index (χ0v) is 13.7. The third kappa shape index (κ3) is 4.21. The maximum Gasteiger partial charge on any atom is 0.339 e. The third-order valence-corrected chi connectivity index (χ3v) is 3.63. The predicted molar refractivity (Wildman–Crippen MR) is 97.2 cm³/mol. The molecule has 2 aromatic heterocycles. The third-order valence-electron chi connectivity index (χ3n) is 3.63. The van der Waals surface area contributed by atoms with Gasteiger partial charge in [-0.15, -0.1) is 0 Å². The molecule has 1 amide bonds. The molecule has 0 spiro atoms. The Balaban J connectivity index is 1.68. The Bertz CT molecular complexity index is 929. The van der Waals surface area contributed by atoms with E-state index >= 15 is 0 Å². The van der Waals surface area contributed by atoms with Crippen molar-refractivity contribution < 1.29 is 14.7 Å². The van der Waals surface area contributed by atoms with Crippen molar-refractivity contribution in [2.75, 3.05) is 10.6 Å². The fraction of sp³-hybridized carbons (Fsp3) is 0.0526. The molecule has 0 atom stereocenters. The van der Waals surface area contributed by atoms with Crippen LogP contribution in [0.25, 0.3) is 0 Å². The Morgan fingerprint density at radius 3 is 2.58 bits per heavy atom. The van der Waals surface area contributed by atoms with Gasteiger partial charge in [0.1, 0.15) is 11.4 Å². The lowest BCUT2D eigenvalue weighted by atomic mass is 10.1. The summed E-state index contributed by atoms with van der Waals surface area (Å²) in [6, 6.07) is 13.6. The van der Waals surface area contributed by atoms with Gasteiger partial charge < -0.3 is 15.7 Å². The second-order valence-corrected chi connectivity index (χ2v) is 5.45. The summed E-state index contributed by atoms with van der Waals surface area (Å²) >= 11 is 0. The molecule has 0 aliphatic carbocycles. The molecule has 7 nitrogen and oxygen atoms in total. The molecule has 0 saturated heterocycles. The van der Waals surface area contributed by atoms with Crippen molar-refractivity contribution in [2.24, 2.45) is 0 Å². The van der Waals surface area contributed by atoms with Gasteiger partial charge in [-0.2, -0.15) is 0 Å². The number of carboxylic acids is 1. The first-order valence-corrected chi connectivity index (χ1v) is 7.86. The molecule has 7 heteroatoms. The van der Waals surface area contributed by atoms with Gasteiger partial charge in [0.15, 0.2) is 0 Å². The number of aromatic nitrogens is 2. The molecule has 2 heterocycles. The summed E-state index contributed by atoms with van der Waals surface area (Å²) in [4.78, 5) is 31.3. The van der Waals surface area contributed by atoms with E-state index in [0.717, 1.165) is 5.56 Å². The van der Waals surface area contributed by atoms with E-state index < -0.39 is 5.97 Å². The maximum atomic E-state index is 12.2. The Kier molecular flexibility index (Phi) is 5.19. The van der Waals surface area contributed by atoms with E-state index in [0.29, 0.717) is 23.6 Å². The number of rotatable bonds is 6. The first-order chi connectivity index (χ1) is 12.6. The number of pyridine rings is 2. The number of hydrogen-bond donors (Lipinski definition) is 3. The zero-order chi connectivity index (χ0) is 18.4. The highest BCUT2D eigenvalue weighted by atomic mass is 16.4. The van der Waals surface area contributed by atoms with E-state index in [1.807, 2.05) is 18.2 Å². The van der Waals surface area contributed by atoms with Crippen LogP contribution in [0.2, 0.25) is 0 Å². The first kappa shape index (κ1) is 17.1. The molecule has 3 N–H and O–H groups in total. The molecule has 0 aliphatic rings. The summed E-state index contributed by atoms with van der Waals surface area (Å²) in [7, 11) is 0. The summed E-state index contributed by atoms with van der Waals surface area (Å²) in [5.41, 5.74) is 2.14. The highest BCUT2D eigenvalue weighted by molar-refractivity contribution is 6.04. The second-order valence-electron chi connectivity index (χ2n) is 5.45. The molecular formula is C19H16N4O3. The molecule has 0 unspecified atom stereocenters. The fourth-order valence-electron chi connectivity index (χ4n) is 2.37. The lowest BCUT2D eigenvalue weighted by Crippen LogP contribution is -2.12. The molecule has 0 fully saturated rings. The number of carbonyl (C=O) groups excluding carboxylic acids is 1. The average molecular weight is 348 g/mol. The van der Waals surface area contributed by atoms with Gasteiger partial charge in [-0.25, -0.2) is 9.78 Å².